The number of hydrogen-bond donors (Lipinski definition) is 1. The van der Waals surface area contributed by atoms with E-state index in [0.717, 1.165) is 5.56 Å². The molecule has 2 N–H and O–H groups in total. The Bertz CT molecular complexity index is 584. The summed E-state index contributed by atoms with van der Waals surface area (Å²) in [6.07, 6.45) is 0. The topological polar surface area (TPSA) is 55.6 Å². The minimum absolute atomic E-state index is 0.0180. The van der Waals surface area contributed by atoms with Crippen LogP contribution in [0.4, 0.5) is 5.69 Å². The molecule has 0 unspecified atom stereocenters. The monoisotopic (exact) mass is 284 g/mol. The Balaban J connectivity index is 1.91. The molecule has 0 spiro atoms. The number of nitrogens with two attached hydrogens (primary N) is 1. The van der Waals surface area contributed by atoms with Gasteiger partial charge in [0.25, 0.3) is 5.91 Å². The third-order valence-corrected chi connectivity index (χ3v) is 3.17. The molecule has 21 heavy (non-hydrogen) atoms. The number of nitrogens with zero attached hydrogens (tertiary/aromatic N) is 1. The van der Waals surface area contributed by atoms with Crippen molar-refractivity contribution in [3.8, 4) is 5.75 Å². The van der Waals surface area contributed by atoms with Crippen LogP contribution in [0.3, 0.4) is 0 Å². The van der Waals surface area contributed by atoms with Gasteiger partial charge in [0.15, 0.2) is 6.61 Å². The van der Waals surface area contributed by atoms with Gasteiger partial charge in [-0.1, -0.05) is 36.4 Å². The lowest BCUT2D eigenvalue weighted by molar-refractivity contribution is -0.133. The molecule has 0 bridgehead atoms. The van der Waals surface area contributed by atoms with Crippen molar-refractivity contribution < 1.29 is 9.53 Å². The summed E-state index contributed by atoms with van der Waals surface area (Å²) in [6, 6.07) is 17.0. The van der Waals surface area contributed by atoms with Crippen LogP contribution in [0.15, 0.2) is 54.6 Å². The minimum Gasteiger partial charge on any atom is -0.484 e. The highest BCUT2D eigenvalue weighted by molar-refractivity contribution is 5.77. The summed E-state index contributed by atoms with van der Waals surface area (Å²) in [5.41, 5.74) is 7.41. The number of benzene rings is 2. The van der Waals surface area contributed by atoms with Crippen molar-refractivity contribution in [2.45, 2.75) is 13.5 Å². The van der Waals surface area contributed by atoms with Gasteiger partial charge in [-0.05, 0) is 24.6 Å². The van der Waals surface area contributed by atoms with Gasteiger partial charge >= 0.3 is 0 Å². The van der Waals surface area contributed by atoms with Gasteiger partial charge in [0, 0.05) is 24.8 Å². The van der Waals surface area contributed by atoms with Gasteiger partial charge in [-0.2, -0.15) is 0 Å². The molecule has 0 aliphatic heterocycles. The van der Waals surface area contributed by atoms with E-state index in [-0.39, 0.29) is 12.5 Å². The molecule has 0 atom stereocenters. The molecule has 1 amide bonds. The van der Waals surface area contributed by atoms with E-state index >= 15 is 0 Å². The quantitative estimate of drug-likeness (QED) is 0.830. The molecule has 4 nitrogen and oxygen atoms in total. The molecule has 110 valence electrons. The van der Waals surface area contributed by atoms with Gasteiger partial charge in [-0.3, -0.25) is 4.79 Å². The number of likely N-dealkylation sites (N-methyl/N-ethyl adjacent to an activating group) is 1. The van der Waals surface area contributed by atoms with Gasteiger partial charge in [0.05, 0.1) is 0 Å². The number of anilines is 1. The smallest absolute Gasteiger partial charge is 0.260 e. The standard InChI is InChI=1S/C17H20N2O2/c1-2-19(12-14-7-4-3-5-8-14)17(20)13-21-16-10-6-9-15(18)11-16/h3-11H,2,12-13,18H2,1H3. The average Bonchev–Trinajstić information content (AvgIpc) is 2.51. The first-order valence-corrected chi connectivity index (χ1v) is 6.99. The highest BCUT2D eigenvalue weighted by Crippen LogP contribution is 2.14. The van der Waals surface area contributed by atoms with Crippen LogP contribution in [0, 0.1) is 0 Å². The molecule has 0 radical (unpaired) electrons. The molecule has 2 rings (SSSR count). The lowest BCUT2D eigenvalue weighted by Gasteiger charge is -2.21. The third kappa shape index (κ3) is 4.53. The van der Waals surface area contributed by atoms with Crippen molar-refractivity contribution in [2.75, 3.05) is 18.9 Å². The van der Waals surface area contributed by atoms with Gasteiger partial charge < -0.3 is 15.4 Å². The van der Waals surface area contributed by atoms with E-state index in [1.165, 1.54) is 0 Å². The van der Waals surface area contributed by atoms with Crippen LogP contribution in [-0.2, 0) is 11.3 Å². The lowest BCUT2D eigenvalue weighted by Crippen LogP contribution is -2.34. The van der Waals surface area contributed by atoms with E-state index in [4.69, 9.17) is 10.5 Å². The van der Waals surface area contributed by atoms with Crippen molar-refractivity contribution in [1.82, 2.24) is 4.90 Å². The van der Waals surface area contributed by atoms with Crippen LogP contribution in [0.2, 0.25) is 0 Å². The first-order valence-electron chi connectivity index (χ1n) is 6.99. The number of amides is 1. The summed E-state index contributed by atoms with van der Waals surface area (Å²) >= 11 is 0. The molecule has 0 aromatic heterocycles. The van der Waals surface area contributed by atoms with Crippen LogP contribution < -0.4 is 10.5 Å². The molecular formula is C17H20N2O2. The molecule has 2 aromatic carbocycles. The number of carbonyl (C=O) groups is 1. The molecule has 2 aromatic rings. The molecule has 0 fully saturated rings. The number of nitrogen functional groups attached to an aromatic ring is 1. The molecule has 4 heteroatoms. The van der Waals surface area contributed by atoms with Crippen molar-refractivity contribution in [3.63, 3.8) is 0 Å². The fourth-order valence-electron chi connectivity index (χ4n) is 2.02. The zero-order chi connectivity index (χ0) is 15.1. The molecule has 0 heterocycles. The summed E-state index contributed by atoms with van der Waals surface area (Å²) in [7, 11) is 0. The van der Waals surface area contributed by atoms with Crippen LogP contribution in [0.5, 0.6) is 5.75 Å². The summed E-state index contributed by atoms with van der Waals surface area (Å²) in [5.74, 6) is 0.572. The third-order valence-electron chi connectivity index (χ3n) is 3.17. The fraction of sp³-hybridized carbons (Fsp3) is 0.235. The van der Waals surface area contributed by atoms with E-state index in [9.17, 15) is 4.79 Å². The summed E-state index contributed by atoms with van der Waals surface area (Å²) < 4.78 is 5.50. The molecule has 0 saturated carbocycles. The Morgan fingerprint density at radius 2 is 1.90 bits per heavy atom. The second kappa shape index (κ2) is 7.33. The van der Waals surface area contributed by atoms with Crippen LogP contribution in [0.1, 0.15) is 12.5 Å². The molecule has 0 aliphatic carbocycles. The van der Waals surface area contributed by atoms with E-state index in [0.29, 0.717) is 24.5 Å². The Kier molecular flexibility index (Phi) is 5.21. The highest BCUT2D eigenvalue weighted by Gasteiger charge is 2.12. The van der Waals surface area contributed by atoms with Crippen molar-refractivity contribution in [1.29, 1.82) is 0 Å². The maximum absolute atomic E-state index is 12.2. The highest BCUT2D eigenvalue weighted by atomic mass is 16.5. The Morgan fingerprint density at radius 3 is 2.57 bits per heavy atom. The van der Waals surface area contributed by atoms with E-state index in [2.05, 4.69) is 0 Å². The van der Waals surface area contributed by atoms with E-state index < -0.39 is 0 Å². The van der Waals surface area contributed by atoms with Crippen molar-refractivity contribution in [2.24, 2.45) is 0 Å². The second-order valence-corrected chi connectivity index (χ2v) is 4.75. The predicted molar refractivity (Wildman–Crippen MR) is 83.9 cm³/mol. The normalized spacial score (nSPS) is 10.1. The molecule has 0 aliphatic rings. The maximum atomic E-state index is 12.2. The average molecular weight is 284 g/mol. The molecular weight excluding hydrogens is 264 g/mol. The van der Waals surface area contributed by atoms with E-state index in [1.807, 2.05) is 37.3 Å². The van der Waals surface area contributed by atoms with E-state index in [1.54, 1.807) is 29.2 Å². The van der Waals surface area contributed by atoms with Crippen molar-refractivity contribution in [3.05, 3.63) is 60.2 Å². The Labute approximate surface area is 125 Å². The number of rotatable bonds is 6. The maximum Gasteiger partial charge on any atom is 0.260 e. The number of hydrogen-bond acceptors (Lipinski definition) is 3. The molecule has 0 saturated heterocycles. The minimum atomic E-state index is -0.0382. The van der Waals surface area contributed by atoms with Gasteiger partial charge in [0.2, 0.25) is 0 Å². The van der Waals surface area contributed by atoms with Crippen LogP contribution >= 0.6 is 0 Å². The number of ether oxygens (including phenoxy) is 1. The summed E-state index contributed by atoms with van der Waals surface area (Å²) in [6.45, 7) is 3.22. The van der Waals surface area contributed by atoms with Crippen LogP contribution in [-0.4, -0.2) is 24.0 Å². The SMILES string of the molecule is CCN(Cc1ccccc1)C(=O)COc1cccc(N)c1. The van der Waals surface area contributed by atoms with Gasteiger partial charge in [-0.15, -0.1) is 0 Å². The predicted octanol–water partition coefficient (Wildman–Crippen LogP) is 2.70. The largest absolute Gasteiger partial charge is 0.484 e. The first kappa shape index (κ1) is 14.9. The van der Waals surface area contributed by atoms with Gasteiger partial charge in [0.1, 0.15) is 5.75 Å². The Morgan fingerprint density at radius 1 is 1.14 bits per heavy atom. The lowest BCUT2D eigenvalue weighted by atomic mass is 10.2. The summed E-state index contributed by atoms with van der Waals surface area (Å²) in [4.78, 5) is 14.0. The van der Waals surface area contributed by atoms with Crippen molar-refractivity contribution >= 4 is 11.6 Å². The first-order chi connectivity index (χ1) is 10.2. The number of carbonyl (C=O) groups excluding carboxylic acids is 1. The summed E-state index contributed by atoms with van der Waals surface area (Å²) in [5, 5.41) is 0. The Hall–Kier alpha value is -2.49. The second-order valence-electron chi connectivity index (χ2n) is 4.75. The zero-order valence-electron chi connectivity index (χ0n) is 12.2. The fourth-order valence-corrected chi connectivity index (χ4v) is 2.02. The van der Waals surface area contributed by atoms with Crippen LogP contribution in [0.25, 0.3) is 0 Å². The van der Waals surface area contributed by atoms with Gasteiger partial charge in [-0.25, -0.2) is 0 Å². The zero-order valence-corrected chi connectivity index (χ0v) is 12.2.